The quantitative estimate of drug-likeness (QED) is 0.893. The fraction of sp³-hybridized carbons (Fsp3) is 0.133. The molecule has 0 saturated carbocycles. The molecule has 0 radical (unpaired) electrons. The Morgan fingerprint density at radius 3 is 2.05 bits per heavy atom. The summed E-state index contributed by atoms with van der Waals surface area (Å²) >= 11 is 0. The molecule has 0 aromatic heterocycles. The normalized spacial score (nSPS) is 11.4. The fourth-order valence-corrected chi connectivity index (χ4v) is 1.92. The van der Waals surface area contributed by atoms with E-state index < -0.39 is 17.6 Å². The number of halogens is 3. The number of nitrogens with two attached hydrogens (primary N) is 1. The Morgan fingerprint density at radius 1 is 1.00 bits per heavy atom. The minimum absolute atomic E-state index is 0.363. The topological polar surface area (TPSA) is 43.1 Å². The summed E-state index contributed by atoms with van der Waals surface area (Å²) < 4.78 is 37.5. The average molecular weight is 279 g/mol. The highest BCUT2D eigenvalue weighted by Crippen LogP contribution is 2.31. The molecule has 0 heterocycles. The van der Waals surface area contributed by atoms with Crippen LogP contribution < -0.4 is 5.73 Å². The summed E-state index contributed by atoms with van der Waals surface area (Å²) in [5.74, 6) is -0.559. The molecule has 2 rings (SSSR count). The van der Waals surface area contributed by atoms with Crippen LogP contribution >= 0.6 is 0 Å². The number of carbonyl (C=O) groups excluding carboxylic acids is 1. The van der Waals surface area contributed by atoms with Crippen LogP contribution in [0.4, 0.5) is 13.2 Å². The molecule has 0 aliphatic heterocycles. The van der Waals surface area contributed by atoms with Gasteiger partial charge in [-0.3, -0.25) is 4.79 Å². The van der Waals surface area contributed by atoms with Crippen molar-refractivity contribution in [3.63, 3.8) is 0 Å². The molecule has 1 amide bonds. The highest BCUT2D eigenvalue weighted by atomic mass is 19.4. The van der Waals surface area contributed by atoms with E-state index in [-0.39, 0.29) is 0 Å². The molecule has 2 aromatic carbocycles. The van der Waals surface area contributed by atoms with Gasteiger partial charge in [-0.1, -0.05) is 24.3 Å². The van der Waals surface area contributed by atoms with Crippen molar-refractivity contribution >= 4 is 5.91 Å². The second-order valence-electron chi connectivity index (χ2n) is 4.47. The van der Waals surface area contributed by atoms with Gasteiger partial charge in [-0.2, -0.15) is 13.2 Å². The molecule has 2 N–H and O–H groups in total. The highest BCUT2D eigenvalue weighted by Gasteiger charge is 2.29. The van der Waals surface area contributed by atoms with E-state index in [0.29, 0.717) is 16.7 Å². The Morgan fingerprint density at radius 2 is 1.55 bits per heavy atom. The predicted molar refractivity (Wildman–Crippen MR) is 70.1 cm³/mol. The van der Waals surface area contributed by atoms with E-state index in [2.05, 4.69) is 0 Å². The zero-order valence-electron chi connectivity index (χ0n) is 10.7. The number of carbonyl (C=O) groups is 1. The molecule has 0 fully saturated rings. The zero-order chi connectivity index (χ0) is 14.9. The summed E-state index contributed by atoms with van der Waals surface area (Å²) in [6.45, 7) is 1.75. The first-order valence-corrected chi connectivity index (χ1v) is 5.87. The Hall–Kier alpha value is -2.30. The van der Waals surface area contributed by atoms with E-state index in [1.54, 1.807) is 25.1 Å². The van der Waals surface area contributed by atoms with E-state index in [9.17, 15) is 18.0 Å². The summed E-state index contributed by atoms with van der Waals surface area (Å²) in [7, 11) is 0. The largest absolute Gasteiger partial charge is 0.416 e. The van der Waals surface area contributed by atoms with Gasteiger partial charge >= 0.3 is 6.18 Å². The maximum absolute atomic E-state index is 12.5. The number of alkyl halides is 3. The third kappa shape index (κ3) is 2.82. The molecule has 0 saturated heterocycles. The van der Waals surface area contributed by atoms with Crippen molar-refractivity contribution in [3.05, 3.63) is 59.2 Å². The molecular formula is C15H12F3NO. The minimum Gasteiger partial charge on any atom is -0.366 e. The molecule has 104 valence electrons. The molecule has 2 nitrogen and oxygen atoms in total. The standard InChI is InChI=1S/C15H12F3NO/c1-9-2-3-11(8-13(9)14(19)20)10-4-6-12(7-5-10)15(16,17)18/h2-8H,1H3,(H2,19,20). The molecule has 0 aliphatic carbocycles. The monoisotopic (exact) mass is 279 g/mol. The van der Waals surface area contributed by atoms with E-state index in [1.807, 2.05) is 0 Å². The van der Waals surface area contributed by atoms with Gasteiger partial charge in [0.05, 0.1) is 5.56 Å². The predicted octanol–water partition coefficient (Wildman–Crippen LogP) is 3.78. The summed E-state index contributed by atoms with van der Waals surface area (Å²) in [4.78, 5) is 11.3. The minimum atomic E-state index is -4.36. The first-order chi connectivity index (χ1) is 9.29. The van der Waals surface area contributed by atoms with Crippen LogP contribution in [0.3, 0.4) is 0 Å². The third-order valence-corrected chi connectivity index (χ3v) is 3.05. The van der Waals surface area contributed by atoms with Crippen LogP contribution in [0, 0.1) is 6.92 Å². The zero-order valence-corrected chi connectivity index (χ0v) is 10.7. The third-order valence-electron chi connectivity index (χ3n) is 3.05. The summed E-state index contributed by atoms with van der Waals surface area (Å²) in [5, 5.41) is 0. The fourth-order valence-electron chi connectivity index (χ4n) is 1.92. The molecule has 0 bridgehead atoms. The van der Waals surface area contributed by atoms with Crippen molar-refractivity contribution in [1.82, 2.24) is 0 Å². The molecule has 2 aromatic rings. The van der Waals surface area contributed by atoms with Gasteiger partial charge in [-0.05, 0) is 41.8 Å². The second-order valence-corrected chi connectivity index (χ2v) is 4.47. The average Bonchev–Trinajstić information content (AvgIpc) is 2.38. The summed E-state index contributed by atoms with van der Waals surface area (Å²) in [5.41, 5.74) is 6.89. The van der Waals surface area contributed by atoms with Crippen LogP contribution in [0.1, 0.15) is 21.5 Å². The Kier molecular flexibility index (Phi) is 3.53. The summed E-state index contributed by atoms with van der Waals surface area (Å²) in [6.07, 6.45) is -4.36. The van der Waals surface area contributed by atoms with Gasteiger partial charge in [0.25, 0.3) is 0 Å². The van der Waals surface area contributed by atoms with E-state index in [0.717, 1.165) is 17.7 Å². The Bertz CT molecular complexity index is 645. The smallest absolute Gasteiger partial charge is 0.366 e. The molecule has 5 heteroatoms. The SMILES string of the molecule is Cc1ccc(-c2ccc(C(F)(F)F)cc2)cc1C(N)=O. The lowest BCUT2D eigenvalue weighted by molar-refractivity contribution is -0.137. The number of primary amides is 1. The van der Waals surface area contributed by atoms with Crippen LogP contribution in [0.2, 0.25) is 0 Å². The van der Waals surface area contributed by atoms with Crippen LogP contribution in [0.25, 0.3) is 11.1 Å². The lowest BCUT2D eigenvalue weighted by Gasteiger charge is -2.09. The van der Waals surface area contributed by atoms with Crippen molar-refractivity contribution in [2.75, 3.05) is 0 Å². The van der Waals surface area contributed by atoms with E-state index >= 15 is 0 Å². The summed E-state index contributed by atoms with van der Waals surface area (Å²) in [6, 6.07) is 9.81. The van der Waals surface area contributed by atoms with E-state index in [4.69, 9.17) is 5.73 Å². The highest BCUT2D eigenvalue weighted by molar-refractivity contribution is 5.95. The van der Waals surface area contributed by atoms with Gasteiger partial charge in [0, 0.05) is 5.56 Å². The molecular weight excluding hydrogens is 267 g/mol. The van der Waals surface area contributed by atoms with Gasteiger partial charge in [0.15, 0.2) is 0 Å². The first kappa shape index (κ1) is 14.1. The maximum atomic E-state index is 12.5. The van der Waals surface area contributed by atoms with Crippen molar-refractivity contribution < 1.29 is 18.0 Å². The number of benzene rings is 2. The van der Waals surface area contributed by atoms with Crippen LogP contribution in [-0.4, -0.2) is 5.91 Å². The number of rotatable bonds is 2. The van der Waals surface area contributed by atoms with Crippen molar-refractivity contribution in [2.24, 2.45) is 5.73 Å². The van der Waals surface area contributed by atoms with Gasteiger partial charge in [0.2, 0.25) is 5.91 Å². The van der Waals surface area contributed by atoms with Gasteiger partial charge < -0.3 is 5.73 Å². The number of hydrogen-bond acceptors (Lipinski definition) is 1. The molecule has 0 aliphatic rings. The number of amides is 1. The first-order valence-electron chi connectivity index (χ1n) is 5.87. The number of aryl methyl sites for hydroxylation is 1. The van der Waals surface area contributed by atoms with Crippen molar-refractivity contribution in [2.45, 2.75) is 13.1 Å². The number of hydrogen-bond donors (Lipinski definition) is 1. The van der Waals surface area contributed by atoms with Crippen LogP contribution in [0.5, 0.6) is 0 Å². The Labute approximate surface area is 114 Å². The molecule has 20 heavy (non-hydrogen) atoms. The van der Waals surface area contributed by atoms with Gasteiger partial charge in [-0.25, -0.2) is 0 Å². The van der Waals surface area contributed by atoms with Gasteiger partial charge in [0.1, 0.15) is 0 Å². The lowest BCUT2D eigenvalue weighted by Crippen LogP contribution is -2.12. The lowest BCUT2D eigenvalue weighted by atomic mass is 9.98. The maximum Gasteiger partial charge on any atom is 0.416 e. The van der Waals surface area contributed by atoms with Crippen molar-refractivity contribution in [3.8, 4) is 11.1 Å². The van der Waals surface area contributed by atoms with E-state index in [1.165, 1.54) is 12.1 Å². The molecule has 0 spiro atoms. The molecule has 0 unspecified atom stereocenters. The van der Waals surface area contributed by atoms with Crippen LogP contribution in [-0.2, 0) is 6.18 Å². The Balaban J connectivity index is 2.42. The van der Waals surface area contributed by atoms with Crippen molar-refractivity contribution in [1.29, 1.82) is 0 Å². The van der Waals surface area contributed by atoms with Gasteiger partial charge in [-0.15, -0.1) is 0 Å². The molecule has 0 atom stereocenters. The second kappa shape index (κ2) is 5.00. The van der Waals surface area contributed by atoms with Crippen LogP contribution in [0.15, 0.2) is 42.5 Å².